The summed E-state index contributed by atoms with van der Waals surface area (Å²) < 4.78 is 17.5. The van der Waals surface area contributed by atoms with Crippen molar-refractivity contribution in [1.82, 2.24) is 4.98 Å². The molecule has 7 heteroatoms. The van der Waals surface area contributed by atoms with E-state index >= 15 is 0 Å². The quantitative estimate of drug-likeness (QED) is 0.279. The lowest BCUT2D eigenvalue weighted by Gasteiger charge is -2.26. The first kappa shape index (κ1) is 23.4. The number of hydrogen-bond acceptors (Lipinski definition) is 5. The Hall–Kier alpha value is -3.71. The minimum Gasteiger partial charge on any atom is -0.493 e. The van der Waals surface area contributed by atoms with Crippen LogP contribution in [0, 0.1) is 6.92 Å². The molecule has 0 aliphatic rings. The van der Waals surface area contributed by atoms with Crippen LogP contribution < -0.4 is 9.47 Å². The molecule has 0 bridgehead atoms. The third-order valence-electron chi connectivity index (χ3n) is 5.35. The summed E-state index contributed by atoms with van der Waals surface area (Å²) in [5.41, 5.74) is 0.332. The Morgan fingerprint density at radius 3 is 2.44 bits per heavy atom. The summed E-state index contributed by atoms with van der Waals surface area (Å²) in [4.78, 5) is 17.5. The molecular weight excluding hydrogens is 450 g/mol. The van der Waals surface area contributed by atoms with Crippen LogP contribution in [0.1, 0.15) is 23.9 Å². The summed E-state index contributed by atoms with van der Waals surface area (Å²) in [6, 6.07) is 22.3. The van der Waals surface area contributed by atoms with Crippen LogP contribution in [0.5, 0.6) is 11.5 Å². The van der Waals surface area contributed by atoms with Crippen LogP contribution in [0.15, 0.2) is 82.6 Å². The number of nitrogens with zero attached hydrogens (tertiary/aromatic N) is 1. The van der Waals surface area contributed by atoms with E-state index in [4.69, 9.17) is 13.9 Å². The molecule has 174 valence electrons. The van der Waals surface area contributed by atoms with Gasteiger partial charge in [-0.1, -0.05) is 36.4 Å². The molecule has 0 saturated heterocycles. The van der Waals surface area contributed by atoms with Gasteiger partial charge in [-0.25, -0.2) is 9.78 Å². The molecule has 2 aromatic carbocycles. The minimum absolute atomic E-state index is 0.221. The van der Waals surface area contributed by atoms with E-state index in [1.165, 1.54) is 0 Å². The van der Waals surface area contributed by atoms with Gasteiger partial charge < -0.3 is 19.0 Å². The molecule has 1 N–H and O–H groups in total. The van der Waals surface area contributed by atoms with Crippen molar-refractivity contribution in [3.05, 3.63) is 95.2 Å². The second kappa shape index (κ2) is 10.5. The maximum absolute atomic E-state index is 11.9. The first-order chi connectivity index (χ1) is 16.4. The summed E-state index contributed by atoms with van der Waals surface area (Å²) >= 11 is 1.58. The number of ether oxygens (including phenoxy) is 2. The van der Waals surface area contributed by atoms with Crippen molar-refractivity contribution < 1.29 is 23.8 Å². The minimum atomic E-state index is -1.38. The van der Waals surface area contributed by atoms with Crippen LogP contribution in [0.2, 0.25) is 0 Å². The smallest absolute Gasteiger partial charge is 0.348 e. The second-order valence-corrected chi connectivity index (χ2v) is 9.01. The Balaban J connectivity index is 1.34. The van der Waals surface area contributed by atoms with Gasteiger partial charge in [-0.3, -0.25) is 0 Å². The number of rotatable bonds is 10. The molecular formula is C27H26NO5S+. The molecule has 0 unspecified atom stereocenters. The van der Waals surface area contributed by atoms with Gasteiger partial charge in [-0.05, 0) is 49.7 Å². The average molecular weight is 477 g/mol. The zero-order valence-corrected chi connectivity index (χ0v) is 19.9. The molecule has 1 atom stereocenters. The second-order valence-electron chi connectivity index (χ2n) is 8.06. The van der Waals surface area contributed by atoms with E-state index in [-0.39, 0.29) is 6.42 Å². The number of benzene rings is 2. The van der Waals surface area contributed by atoms with E-state index in [0.717, 1.165) is 21.9 Å². The molecule has 0 aliphatic heterocycles. The molecule has 0 radical (unpaired) electrons. The average Bonchev–Trinajstić information content (AvgIpc) is 3.22. The molecule has 0 spiro atoms. The van der Waals surface area contributed by atoms with Gasteiger partial charge in [-0.2, -0.15) is 0 Å². The number of carboxylic acids is 1. The SMILES string of the molecule is Cc1oc(-c2cccc[s+]2)nc1CCOc1ccc(C[C@@](C)(Oc2ccccc2)C(=O)O)cc1. The Morgan fingerprint density at radius 1 is 1.03 bits per heavy atom. The van der Waals surface area contributed by atoms with Gasteiger partial charge in [0.2, 0.25) is 16.9 Å². The molecule has 0 aliphatic carbocycles. The van der Waals surface area contributed by atoms with E-state index in [0.29, 0.717) is 30.4 Å². The van der Waals surface area contributed by atoms with Gasteiger partial charge in [-0.15, -0.1) is 0 Å². The summed E-state index contributed by atoms with van der Waals surface area (Å²) in [6.45, 7) is 3.94. The lowest BCUT2D eigenvalue weighted by atomic mass is 9.96. The summed E-state index contributed by atoms with van der Waals surface area (Å²) in [6.07, 6.45) is 0.843. The highest BCUT2D eigenvalue weighted by Gasteiger charge is 2.36. The number of carbonyl (C=O) groups is 1. The highest BCUT2D eigenvalue weighted by Crippen LogP contribution is 2.26. The van der Waals surface area contributed by atoms with Crippen molar-refractivity contribution >= 4 is 17.3 Å². The van der Waals surface area contributed by atoms with Gasteiger partial charge in [0.15, 0.2) is 5.38 Å². The topological polar surface area (TPSA) is 81.8 Å². The largest absolute Gasteiger partial charge is 0.493 e. The predicted molar refractivity (Wildman–Crippen MR) is 131 cm³/mol. The highest BCUT2D eigenvalue weighted by atomic mass is 32.1. The lowest BCUT2D eigenvalue weighted by molar-refractivity contribution is -0.153. The zero-order valence-electron chi connectivity index (χ0n) is 19.1. The number of oxazole rings is 1. The monoisotopic (exact) mass is 476 g/mol. The lowest BCUT2D eigenvalue weighted by Crippen LogP contribution is -2.43. The predicted octanol–water partition coefficient (Wildman–Crippen LogP) is 6.08. The van der Waals surface area contributed by atoms with Gasteiger partial charge in [0.1, 0.15) is 17.3 Å². The number of aromatic nitrogens is 1. The summed E-state index contributed by atoms with van der Waals surface area (Å²) in [7, 11) is 0. The molecule has 0 saturated carbocycles. The maximum atomic E-state index is 11.9. The molecule has 0 amide bonds. The fourth-order valence-electron chi connectivity index (χ4n) is 3.49. The van der Waals surface area contributed by atoms with E-state index < -0.39 is 11.6 Å². The molecule has 34 heavy (non-hydrogen) atoms. The Labute approximate surface area is 202 Å². The molecule has 2 heterocycles. The van der Waals surface area contributed by atoms with E-state index in [1.807, 2.05) is 73.0 Å². The van der Waals surface area contributed by atoms with Crippen molar-refractivity contribution in [3.63, 3.8) is 0 Å². The van der Waals surface area contributed by atoms with Crippen LogP contribution >= 0.6 is 11.3 Å². The van der Waals surface area contributed by atoms with Gasteiger partial charge >= 0.3 is 5.97 Å². The molecule has 0 fully saturated rings. The van der Waals surface area contributed by atoms with E-state index in [9.17, 15) is 9.90 Å². The van der Waals surface area contributed by atoms with Crippen molar-refractivity contribution in [2.24, 2.45) is 0 Å². The first-order valence-corrected chi connectivity index (χ1v) is 11.8. The number of aryl methyl sites for hydroxylation is 1. The van der Waals surface area contributed by atoms with Crippen LogP contribution in [-0.4, -0.2) is 28.3 Å². The fraction of sp³-hybridized carbons (Fsp3) is 0.222. The fourth-order valence-corrected chi connectivity index (χ4v) is 4.15. The molecule has 6 nitrogen and oxygen atoms in total. The van der Waals surface area contributed by atoms with Crippen LogP contribution in [0.4, 0.5) is 0 Å². The molecule has 4 rings (SSSR count). The zero-order chi connectivity index (χ0) is 24.0. The Kier molecular flexibility index (Phi) is 7.23. The molecule has 2 aromatic heterocycles. The highest BCUT2D eigenvalue weighted by molar-refractivity contribution is 7.13. The number of hydrogen-bond donors (Lipinski definition) is 1. The van der Waals surface area contributed by atoms with E-state index in [1.54, 1.807) is 30.4 Å². The Morgan fingerprint density at radius 2 is 1.76 bits per heavy atom. The van der Waals surface area contributed by atoms with Crippen LogP contribution in [0.25, 0.3) is 10.8 Å². The summed E-state index contributed by atoms with van der Waals surface area (Å²) in [5.74, 6) is 1.62. The Bertz CT molecular complexity index is 1230. The van der Waals surface area contributed by atoms with Gasteiger partial charge in [0.25, 0.3) is 10.8 Å². The normalized spacial score (nSPS) is 12.6. The number of carboxylic acid groups (broad SMARTS) is 1. The van der Waals surface area contributed by atoms with Crippen LogP contribution in [0.3, 0.4) is 0 Å². The third kappa shape index (κ3) is 5.80. The maximum Gasteiger partial charge on any atom is 0.348 e. The third-order valence-corrected chi connectivity index (χ3v) is 6.20. The standard InChI is InChI=1S/C27H25NO5S/c1-19-23(28-25(32-19)24-10-6-7-17-34-24)15-16-31-21-13-11-20(12-14-21)18-27(2,26(29)30)33-22-8-4-3-5-9-22/h3-14,17H,15-16,18H2,1-2H3/p+1/t27-/m1/s1. The number of aliphatic carboxylic acids is 1. The molecule has 4 aromatic rings. The van der Waals surface area contributed by atoms with Crippen molar-refractivity contribution in [2.75, 3.05) is 6.61 Å². The summed E-state index contributed by atoms with van der Waals surface area (Å²) in [5, 5.41) is 11.8. The van der Waals surface area contributed by atoms with E-state index in [2.05, 4.69) is 4.98 Å². The van der Waals surface area contributed by atoms with Crippen LogP contribution in [-0.2, 0) is 17.6 Å². The van der Waals surface area contributed by atoms with Crippen molar-refractivity contribution in [2.45, 2.75) is 32.3 Å². The van der Waals surface area contributed by atoms with Gasteiger partial charge in [0.05, 0.1) is 12.3 Å². The van der Waals surface area contributed by atoms with Gasteiger partial charge in [0, 0.05) is 18.9 Å². The van der Waals surface area contributed by atoms with Crippen molar-refractivity contribution in [1.29, 1.82) is 0 Å². The number of para-hydroxylation sites is 1. The van der Waals surface area contributed by atoms with Crippen molar-refractivity contribution in [3.8, 4) is 22.3 Å². The first-order valence-electron chi connectivity index (χ1n) is 11.0.